The second-order valence-corrected chi connectivity index (χ2v) is 3.42. The van der Waals surface area contributed by atoms with Crippen molar-refractivity contribution in [2.24, 2.45) is 7.05 Å². The van der Waals surface area contributed by atoms with Crippen LogP contribution in [-0.4, -0.2) is 15.6 Å². The molecule has 1 aromatic heterocycles. The summed E-state index contributed by atoms with van der Waals surface area (Å²) in [7, 11) is 1.91. The normalized spacial score (nSPS) is 10.7. The van der Waals surface area contributed by atoms with E-state index in [1.807, 2.05) is 42.9 Å². The Hall–Kier alpha value is -1.77. The van der Waals surface area contributed by atoms with Crippen LogP contribution in [-0.2, 0) is 7.05 Å². The molecule has 0 saturated carbocycles. The second-order valence-electron chi connectivity index (χ2n) is 3.42. The van der Waals surface area contributed by atoms with Gasteiger partial charge >= 0.3 is 5.97 Å². The van der Waals surface area contributed by atoms with Crippen LogP contribution in [0.1, 0.15) is 15.9 Å². The molecule has 2 aromatic rings. The van der Waals surface area contributed by atoms with Gasteiger partial charge in [-0.1, -0.05) is 6.07 Å². The number of rotatable bonds is 1. The highest BCUT2D eigenvalue weighted by Crippen LogP contribution is 2.22. The minimum absolute atomic E-state index is 0.406. The van der Waals surface area contributed by atoms with Crippen molar-refractivity contribution in [3.8, 4) is 0 Å². The summed E-state index contributed by atoms with van der Waals surface area (Å²) < 4.78 is 1.92. The van der Waals surface area contributed by atoms with Gasteiger partial charge in [-0.2, -0.15) is 0 Å². The van der Waals surface area contributed by atoms with Crippen LogP contribution in [0.3, 0.4) is 0 Å². The molecule has 0 amide bonds. The number of aromatic carboxylic acids is 1. The fourth-order valence-electron chi connectivity index (χ4n) is 1.74. The van der Waals surface area contributed by atoms with Crippen LogP contribution in [0.2, 0.25) is 0 Å². The first-order chi connectivity index (χ1) is 6.61. The zero-order valence-corrected chi connectivity index (χ0v) is 8.11. The fraction of sp³-hybridized carbons (Fsp3) is 0.182. The minimum Gasteiger partial charge on any atom is -0.478 e. The molecule has 1 N–H and O–H groups in total. The van der Waals surface area contributed by atoms with Crippen molar-refractivity contribution in [1.82, 2.24) is 4.57 Å². The molecular formula is C11H11NO2. The second kappa shape index (κ2) is 2.87. The fourth-order valence-corrected chi connectivity index (χ4v) is 1.74. The highest BCUT2D eigenvalue weighted by molar-refractivity contribution is 6.04. The molecule has 0 saturated heterocycles. The van der Waals surface area contributed by atoms with Gasteiger partial charge in [0.05, 0.1) is 5.56 Å². The molecule has 0 bridgehead atoms. The Balaban J connectivity index is 2.90. The van der Waals surface area contributed by atoms with E-state index in [0.29, 0.717) is 5.56 Å². The molecule has 0 radical (unpaired) electrons. The molecule has 0 unspecified atom stereocenters. The highest BCUT2D eigenvalue weighted by Gasteiger charge is 2.12. The van der Waals surface area contributed by atoms with Gasteiger partial charge in [0, 0.05) is 24.1 Å². The van der Waals surface area contributed by atoms with E-state index in [2.05, 4.69) is 0 Å². The number of carboxylic acid groups (broad SMARTS) is 1. The van der Waals surface area contributed by atoms with Gasteiger partial charge in [0.2, 0.25) is 0 Å². The quantitative estimate of drug-likeness (QED) is 0.747. The first-order valence-corrected chi connectivity index (χ1v) is 4.39. The third-order valence-corrected chi connectivity index (χ3v) is 2.49. The third-order valence-electron chi connectivity index (χ3n) is 2.49. The number of aryl methyl sites for hydroxylation is 2. The van der Waals surface area contributed by atoms with Gasteiger partial charge in [-0.05, 0) is 24.6 Å². The summed E-state index contributed by atoms with van der Waals surface area (Å²) in [5.41, 5.74) is 2.16. The Bertz CT molecular complexity index is 511. The molecule has 0 aliphatic rings. The lowest BCUT2D eigenvalue weighted by atomic mass is 10.0. The molecule has 0 aliphatic carbocycles. The smallest absolute Gasteiger partial charge is 0.336 e. The highest BCUT2D eigenvalue weighted by atomic mass is 16.4. The number of aromatic nitrogens is 1. The van der Waals surface area contributed by atoms with Gasteiger partial charge in [-0.15, -0.1) is 0 Å². The maximum atomic E-state index is 11.0. The van der Waals surface area contributed by atoms with Crippen molar-refractivity contribution in [3.05, 3.63) is 35.5 Å². The standard InChI is InChI=1S/C11H11NO2/c1-7-3-4-9-8(5-6-12(9)2)10(7)11(13)14/h3-6H,1-2H3,(H,13,14). The van der Waals surface area contributed by atoms with Crippen LogP contribution < -0.4 is 0 Å². The number of nitrogens with zero attached hydrogens (tertiary/aromatic N) is 1. The number of hydrogen-bond donors (Lipinski definition) is 1. The first kappa shape index (κ1) is 8.81. The van der Waals surface area contributed by atoms with E-state index in [-0.39, 0.29) is 0 Å². The van der Waals surface area contributed by atoms with Crippen molar-refractivity contribution < 1.29 is 9.90 Å². The Labute approximate surface area is 81.6 Å². The number of fused-ring (bicyclic) bond motifs is 1. The van der Waals surface area contributed by atoms with Crippen LogP contribution in [0.5, 0.6) is 0 Å². The SMILES string of the molecule is Cc1ccc2c(ccn2C)c1C(=O)O. The summed E-state index contributed by atoms with van der Waals surface area (Å²) >= 11 is 0. The van der Waals surface area contributed by atoms with Crippen LogP contribution in [0.25, 0.3) is 10.9 Å². The minimum atomic E-state index is -0.862. The number of hydrogen-bond acceptors (Lipinski definition) is 1. The topological polar surface area (TPSA) is 42.2 Å². The van der Waals surface area contributed by atoms with Gasteiger partial charge in [-0.25, -0.2) is 4.79 Å². The number of benzene rings is 1. The molecule has 0 atom stereocenters. The first-order valence-electron chi connectivity index (χ1n) is 4.39. The van der Waals surface area contributed by atoms with Crippen LogP contribution in [0, 0.1) is 6.92 Å². The summed E-state index contributed by atoms with van der Waals surface area (Å²) in [4.78, 5) is 11.0. The van der Waals surface area contributed by atoms with Crippen molar-refractivity contribution in [2.75, 3.05) is 0 Å². The Morgan fingerprint density at radius 3 is 2.71 bits per heavy atom. The molecule has 0 aliphatic heterocycles. The lowest BCUT2D eigenvalue weighted by molar-refractivity contribution is 0.0698. The summed E-state index contributed by atoms with van der Waals surface area (Å²) in [6, 6.07) is 5.62. The van der Waals surface area contributed by atoms with Gasteiger partial charge in [-0.3, -0.25) is 0 Å². The predicted molar refractivity (Wildman–Crippen MR) is 54.6 cm³/mol. The summed E-state index contributed by atoms with van der Waals surface area (Å²) in [6.07, 6.45) is 1.87. The Morgan fingerprint density at radius 1 is 1.36 bits per heavy atom. The molecule has 0 fully saturated rings. The summed E-state index contributed by atoms with van der Waals surface area (Å²) in [5.74, 6) is -0.862. The van der Waals surface area contributed by atoms with Gasteiger partial charge in [0.1, 0.15) is 0 Å². The summed E-state index contributed by atoms with van der Waals surface area (Å²) in [6.45, 7) is 1.82. The average molecular weight is 189 g/mol. The van der Waals surface area contributed by atoms with Crippen molar-refractivity contribution >= 4 is 16.9 Å². The van der Waals surface area contributed by atoms with Crippen molar-refractivity contribution in [3.63, 3.8) is 0 Å². The maximum Gasteiger partial charge on any atom is 0.336 e. The zero-order valence-electron chi connectivity index (χ0n) is 8.11. The van der Waals surface area contributed by atoms with E-state index in [9.17, 15) is 4.79 Å². The van der Waals surface area contributed by atoms with E-state index >= 15 is 0 Å². The molecule has 2 rings (SSSR count). The van der Waals surface area contributed by atoms with Crippen LogP contribution in [0.15, 0.2) is 24.4 Å². The summed E-state index contributed by atoms with van der Waals surface area (Å²) in [5, 5.41) is 9.87. The van der Waals surface area contributed by atoms with E-state index < -0.39 is 5.97 Å². The molecule has 1 heterocycles. The number of carbonyl (C=O) groups is 1. The largest absolute Gasteiger partial charge is 0.478 e. The van der Waals surface area contributed by atoms with Crippen LogP contribution in [0.4, 0.5) is 0 Å². The Kier molecular flexibility index (Phi) is 1.81. The van der Waals surface area contributed by atoms with Gasteiger partial charge in [0.15, 0.2) is 0 Å². The third kappa shape index (κ3) is 1.09. The van der Waals surface area contributed by atoms with E-state index in [0.717, 1.165) is 16.5 Å². The lowest BCUT2D eigenvalue weighted by Gasteiger charge is -2.03. The van der Waals surface area contributed by atoms with Crippen molar-refractivity contribution in [2.45, 2.75) is 6.92 Å². The van der Waals surface area contributed by atoms with E-state index in [1.165, 1.54) is 0 Å². The van der Waals surface area contributed by atoms with E-state index in [4.69, 9.17) is 5.11 Å². The van der Waals surface area contributed by atoms with Gasteiger partial charge < -0.3 is 9.67 Å². The van der Waals surface area contributed by atoms with Crippen molar-refractivity contribution in [1.29, 1.82) is 0 Å². The number of carboxylic acids is 1. The molecule has 72 valence electrons. The van der Waals surface area contributed by atoms with Crippen LogP contribution >= 0.6 is 0 Å². The molecule has 14 heavy (non-hydrogen) atoms. The molecule has 3 nitrogen and oxygen atoms in total. The zero-order chi connectivity index (χ0) is 10.3. The predicted octanol–water partition coefficient (Wildman–Crippen LogP) is 2.18. The molecule has 1 aromatic carbocycles. The molecule has 3 heteroatoms. The van der Waals surface area contributed by atoms with Gasteiger partial charge in [0.25, 0.3) is 0 Å². The average Bonchev–Trinajstić information content (AvgIpc) is 2.47. The Morgan fingerprint density at radius 2 is 2.07 bits per heavy atom. The lowest BCUT2D eigenvalue weighted by Crippen LogP contribution is -2.00. The monoisotopic (exact) mass is 189 g/mol. The molecular weight excluding hydrogens is 178 g/mol. The van der Waals surface area contributed by atoms with E-state index in [1.54, 1.807) is 0 Å². The maximum absolute atomic E-state index is 11.0. The molecule has 0 spiro atoms.